The number of hydrogen-bond acceptors (Lipinski definition) is 4. The van der Waals surface area contributed by atoms with Gasteiger partial charge in [0.25, 0.3) is 0 Å². The molecule has 0 spiro atoms. The largest absolute Gasteiger partial charge is 1.00 e. The van der Waals surface area contributed by atoms with Crippen molar-refractivity contribution in [2.24, 2.45) is 0 Å². The SMILES string of the molecule is C=CC(=O)[O-].O=C(O)CCC(=O)O.[Na+]. The van der Waals surface area contributed by atoms with Crippen molar-refractivity contribution in [3.05, 3.63) is 12.7 Å². The number of carbonyl (C=O) groups excluding carboxylic acids is 1. The summed E-state index contributed by atoms with van der Waals surface area (Å²) in [6.45, 7) is 2.90. The third-order valence-electron chi connectivity index (χ3n) is 0.719. The van der Waals surface area contributed by atoms with E-state index in [1.165, 1.54) is 0 Å². The van der Waals surface area contributed by atoms with E-state index < -0.39 is 17.9 Å². The van der Waals surface area contributed by atoms with Crippen molar-refractivity contribution in [2.45, 2.75) is 12.8 Å². The van der Waals surface area contributed by atoms with Gasteiger partial charge in [-0.2, -0.15) is 0 Å². The second kappa shape index (κ2) is 12.2. The fraction of sp³-hybridized carbons (Fsp3) is 0.286. The van der Waals surface area contributed by atoms with Crippen LogP contribution in [0.15, 0.2) is 12.7 Å². The summed E-state index contributed by atoms with van der Waals surface area (Å²) in [5.41, 5.74) is 0. The van der Waals surface area contributed by atoms with E-state index in [9.17, 15) is 9.59 Å². The molecule has 0 unspecified atom stereocenters. The van der Waals surface area contributed by atoms with E-state index in [1.54, 1.807) is 0 Å². The van der Waals surface area contributed by atoms with Gasteiger partial charge in [-0.15, -0.1) is 0 Å². The van der Waals surface area contributed by atoms with Crippen molar-refractivity contribution in [1.82, 2.24) is 0 Å². The van der Waals surface area contributed by atoms with Gasteiger partial charge >= 0.3 is 41.5 Å². The Morgan fingerprint density at radius 2 is 1.36 bits per heavy atom. The van der Waals surface area contributed by atoms with Gasteiger partial charge < -0.3 is 20.1 Å². The Morgan fingerprint density at radius 3 is 1.43 bits per heavy atom. The van der Waals surface area contributed by atoms with Gasteiger partial charge in [0.1, 0.15) is 0 Å². The van der Waals surface area contributed by atoms with Crippen molar-refractivity contribution in [2.75, 3.05) is 0 Å². The summed E-state index contributed by atoms with van der Waals surface area (Å²) in [5, 5.41) is 24.9. The van der Waals surface area contributed by atoms with E-state index in [1.807, 2.05) is 0 Å². The molecule has 0 aromatic heterocycles. The number of rotatable bonds is 4. The molecule has 0 saturated heterocycles. The first-order valence-electron chi connectivity index (χ1n) is 3.17. The predicted octanol–water partition coefficient (Wildman–Crippen LogP) is -4.14. The Balaban J connectivity index is -0.000000177. The summed E-state index contributed by atoms with van der Waals surface area (Å²) in [5.74, 6) is -3.38. The van der Waals surface area contributed by atoms with Crippen LogP contribution >= 0.6 is 0 Å². The maximum absolute atomic E-state index is 9.64. The molecule has 0 aromatic carbocycles. The van der Waals surface area contributed by atoms with Crippen molar-refractivity contribution in [1.29, 1.82) is 0 Å². The van der Waals surface area contributed by atoms with Gasteiger partial charge in [0.05, 0.1) is 18.8 Å². The van der Waals surface area contributed by atoms with E-state index >= 15 is 0 Å². The molecule has 0 aliphatic heterocycles. The fourth-order valence-corrected chi connectivity index (χ4v) is 0.214. The fourth-order valence-electron chi connectivity index (χ4n) is 0.214. The second-order valence-electron chi connectivity index (χ2n) is 1.81. The Labute approximate surface area is 103 Å². The summed E-state index contributed by atoms with van der Waals surface area (Å²) in [6.07, 6.45) is 0.130. The minimum absolute atomic E-state index is 0. The van der Waals surface area contributed by atoms with Gasteiger partial charge in [0, 0.05) is 0 Å². The summed E-state index contributed by atoms with van der Waals surface area (Å²) < 4.78 is 0. The first-order chi connectivity index (χ1) is 5.90. The number of aliphatic carboxylic acids is 3. The standard InChI is InChI=1S/C4H6O4.C3H4O2.Na/c5-3(6)1-2-4(7)8;1-2-3(4)5;/h1-2H2,(H,5,6)(H,7,8);2H,1H2,(H,4,5);/q;;+1/p-1. The zero-order valence-corrected chi connectivity index (χ0v) is 9.73. The molecule has 0 bridgehead atoms. The molecule has 2 N–H and O–H groups in total. The maximum atomic E-state index is 9.64. The summed E-state index contributed by atoms with van der Waals surface area (Å²) in [4.78, 5) is 28.4. The van der Waals surface area contributed by atoms with Crippen LogP contribution in [0.1, 0.15) is 12.8 Å². The van der Waals surface area contributed by atoms with Crippen LogP contribution in [0.2, 0.25) is 0 Å². The van der Waals surface area contributed by atoms with Crippen LogP contribution in [-0.2, 0) is 14.4 Å². The average Bonchev–Trinajstić information content (AvgIpc) is 2.02. The Kier molecular flexibility index (Phi) is 16.4. The van der Waals surface area contributed by atoms with Gasteiger partial charge in [-0.1, -0.05) is 6.58 Å². The maximum Gasteiger partial charge on any atom is 1.00 e. The molecule has 6 nitrogen and oxygen atoms in total. The van der Waals surface area contributed by atoms with Crippen LogP contribution in [0, 0.1) is 0 Å². The minimum atomic E-state index is -1.23. The molecule has 0 aliphatic rings. The van der Waals surface area contributed by atoms with Crippen molar-refractivity contribution < 1.29 is 59.3 Å². The normalized spacial score (nSPS) is 7.14. The van der Waals surface area contributed by atoms with Crippen LogP contribution in [0.3, 0.4) is 0 Å². The summed E-state index contributed by atoms with van der Waals surface area (Å²) in [7, 11) is 0. The monoisotopic (exact) mass is 212 g/mol. The molecule has 0 aromatic rings. The van der Waals surface area contributed by atoms with E-state index in [-0.39, 0.29) is 42.4 Å². The van der Waals surface area contributed by atoms with E-state index in [0.29, 0.717) is 0 Å². The average molecular weight is 212 g/mol. The van der Waals surface area contributed by atoms with Crippen LogP contribution in [-0.4, -0.2) is 28.1 Å². The topological polar surface area (TPSA) is 115 Å². The Morgan fingerprint density at radius 1 is 1.14 bits per heavy atom. The number of hydrogen-bond donors (Lipinski definition) is 2. The molecule has 14 heavy (non-hydrogen) atoms. The molecule has 0 heterocycles. The molecule has 7 heteroatoms. The predicted molar refractivity (Wildman–Crippen MR) is 39.7 cm³/mol. The van der Waals surface area contributed by atoms with Crippen LogP contribution in [0.5, 0.6) is 0 Å². The molecule has 74 valence electrons. The van der Waals surface area contributed by atoms with Crippen LogP contribution < -0.4 is 34.7 Å². The van der Waals surface area contributed by atoms with Gasteiger partial charge in [0.15, 0.2) is 0 Å². The third-order valence-corrected chi connectivity index (χ3v) is 0.719. The number of carbonyl (C=O) groups is 3. The van der Waals surface area contributed by atoms with Gasteiger partial charge in [-0.05, 0) is 6.08 Å². The summed E-state index contributed by atoms with van der Waals surface area (Å²) >= 11 is 0. The smallest absolute Gasteiger partial charge is 0.545 e. The Bertz CT molecular complexity index is 198. The quantitative estimate of drug-likeness (QED) is 0.361. The first-order valence-corrected chi connectivity index (χ1v) is 3.17. The third kappa shape index (κ3) is 30.4. The molecular weight excluding hydrogens is 203 g/mol. The Hall–Kier alpha value is -0.850. The van der Waals surface area contributed by atoms with E-state index in [2.05, 4.69) is 6.58 Å². The van der Waals surface area contributed by atoms with Gasteiger partial charge in [-0.25, -0.2) is 0 Å². The zero-order chi connectivity index (χ0) is 10.9. The van der Waals surface area contributed by atoms with E-state index in [0.717, 1.165) is 6.08 Å². The zero-order valence-electron chi connectivity index (χ0n) is 7.73. The molecule has 0 rings (SSSR count). The first kappa shape index (κ1) is 18.8. The van der Waals surface area contributed by atoms with Crippen molar-refractivity contribution in [3.8, 4) is 0 Å². The van der Waals surface area contributed by atoms with Crippen molar-refractivity contribution in [3.63, 3.8) is 0 Å². The van der Waals surface area contributed by atoms with Gasteiger partial charge in [-0.3, -0.25) is 9.59 Å². The molecule has 0 aliphatic carbocycles. The van der Waals surface area contributed by atoms with Crippen LogP contribution in [0.25, 0.3) is 0 Å². The van der Waals surface area contributed by atoms with Crippen molar-refractivity contribution >= 4 is 17.9 Å². The van der Waals surface area contributed by atoms with Gasteiger partial charge in [0.2, 0.25) is 0 Å². The van der Waals surface area contributed by atoms with Crippen LogP contribution in [0.4, 0.5) is 0 Å². The molecule has 0 fully saturated rings. The summed E-state index contributed by atoms with van der Waals surface area (Å²) in [6, 6.07) is 0. The molecule has 0 radical (unpaired) electrons. The molecule has 0 atom stereocenters. The number of carboxylic acids is 3. The second-order valence-corrected chi connectivity index (χ2v) is 1.81. The number of carboxylic acid groups (broad SMARTS) is 3. The van der Waals surface area contributed by atoms with E-state index in [4.69, 9.17) is 20.1 Å². The molecule has 0 saturated carbocycles. The molecular formula is C7H9NaO6. The molecule has 0 amide bonds. The minimum Gasteiger partial charge on any atom is -0.545 e.